The fourth-order valence-corrected chi connectivity index (χ4v) is 3.09. The Morgan fingerprint density at radius 3 is 2.06 bits per heavy atom. The number of esters is 2. The molecule has 0 atom stereocenters. The normalized spacial score (nSPS) is 10.2. The fourth-order valence-electron chi connectivity index (χ4n) is 2.82. The maximum absolute atomic E-state index is 12.7. The van der Waals surface area contributed by atoms with Gasteiger partial charge < -0.3 is 19.5 Å². The Hall–Kier alpha value is -3.65. The molecule has 32 heavy (non-hydrogen) atoms. The fraction of sp³-hybridized carbons (Fsp3) is 0.125. The second-order valence-electron chi connectivity index (χ2n) is 6.64. The van der Waals surface area contributed by atoms with Gasteiger partial charge in [-0.2, -0.15) is 0 Å². The first-order chi connectivity index (χ1) is 15.4. The number of nitrogens with one attached hydrogen (secondary N) is 1. The van der Waals surface area contributed by atoms with Gasteiger partial charge in [-0.25, -0.2) is 9.59 Å². The SMILES string of the molecule is COC(=O)c1ccc(C(=O)OC)c(NC(=O)c2ccc(COc3ccc(Br)cc3)cc2)c1. The molecule has 0 aliphatic rings. The van der Waals surface area contributed by atoms with E-state index in [0.717, 1.165) is 15.8 Å². The molecule has 3 aromatic carbocycles. The summed E-state index contributed by atoms with van der Waals surface area (Å²) in [6.07, 6.45) is 0. The van der Waals surface area contributed by atoms with E-state index >= 15 is 0 Å². The van der Waals surface area contributed by atoms with Gasteiger partial charge in [-0.1, -0.05) is 28.1 Å². The third kappa shape index (κ3) is 5.73. The number of hydrogen-bond donors (Lipinski definition) is 1. The van der Waals surface area contributed by atoms with Gasteiger partial charge in [0.05, 0.1) is 31.0 Å². The van der Waals surface area contributed by atoms with Crippen molar-refractivity contribution in [3.05, 3.63) is 93.5 Å². The molecular weight excluding hydrogens is 478 g/mol. The van der Waals surface area contributed by atoms with Crippen LogP contribution in [0.1, 0.15) is 36.6 Å². The van der Waals surface area contributed by atoms with E-state index in [1.165, 1.54) is 32.4 Å². The van der Waals surface area contributed by atoms with Crippen molar-refractivity contribution in [3.63, 3.8) is 0 Å². The van der Waals surface area contributed by atoms with Crippen LogP contribution in [0, 0.1) is 0 Å². The van der Waals surface area contributed by atoms with Crippen LogP contribution in [0.5, 0.6) is 5.75 Å². The van der Waals surface area contributed by atoms with Crippen LogP contribution in [-0.2, 0) is 16.1 Å². The second kappa shape index (κ2) is 10.6. The van der Waals surface area contributed by atoms with E-state index in [1.807, 2.05) is 24.3 Å². The first kappa shape index (κ1) is 23.0. The Morgan fingerprint density at radius 1 is 0.812 bits per heavy atom. The molecule has 1 N–H and O–H groups in total. The minimum atomic E-state index is -0.642. The minimum absolute atomic E-state index is 0.119. The molecule has 0 saturated heterocycles. The van der Waals surface area contributed by atoms with Gasteiger partial charge in [-0.15, -0.1) is 0 Å². The molecule has 0 saturated carbocycles. The van der Waals surface area contributed by atoms with Crippen molar-refractivity contribution in [2.75, 3.05) is 19.5 Å². The minimum Gasteiger partial charge on any atom is -0.489 e. The van der Waals surface area contributed by atoms with Crippen LogP contribution in [0.3, 0.4) is 0 Å². The highest BCUT2D eigenvalue weighted by atomic mass is 79.9. The predicted molar refractivity (Wildman–Crippen MR) is 122 cm³/mol. The van der Waals surface area contributed by atoms with Gasteiger partial charge in [0.25, 0.3) is 5.91 Å². The van der Waals surface area contributed by atoms with E-state index < -0.39 is 17.8 Å². The number of carbonyl (C=O) groups is 3. The summed E-state index contributed by atoms with van der Waals surface area (Å²) in [4.78, 5) is 36.6. The standard InChI is InChI=1S/C24H20BrNO6/c1-30-23(28)17-7-12-20(24(29)31-2)21(13-17)26-22(27)16-5-3-15(4-6-16)14-32-19-10-8-18(25)9-11-19/h3-13H,14H2,1-2H3,(H,26,27). The number of amides is 1. The van der Waals surface area contributed by atoms with E-state index in [4.69, 9.17) is 14.2 Å². The van der Waals surface area contributed by atoms with E-state index in [2.05, 4.69) is 21.2 Å². The summed E-state index contributed by atoms with van der Waals surface area (Å²) in [7, 11) is 2.48. The molecule has 8 heteroatoms. The zero-order valence-corrected chi connectivity index (χ0v) is 19.0. The lowest BCUT2D eigenvalue weighted by molar-refractivity contribution is 0.0587. The largest absolute Gasteiger partial charge is 0.489 e. The summed E-state index contributed by atoms with van der Waals surface area (Å²) < 4.78 is 16.1. The van der Waals surface area contributed by atoms with E-state index in [0.29, 0.717) is 12.2 Å². The molecule has 0 aliphatic carbocycles. The molecule has 0 heterocycles. The van der Waals surface area contributed by atoms with Crippen molar-refractivity contribution in [2.24, 2.45) is 0 Å². The average Bonchev–Trinajstić information content (AvgIpc) is 2.83. The second-order valence-corrected chi connectivity index (χ2v) is 7.55. The summed E-state index contributed by atoms with van der Waals surface area (Å²) in [5, 5.41) is 2.66. The summed E-state index contributed by atoms with van der Waals surface area (Å²) in [6.45, 7) is 0.344. The van der Waals surface area contributed by atoms with Gasteiger partial charge in [-0.05, 0) is 60.2 Å². The van der Waals surface area contributed by atoms with Crippen molar-refractivity contribution in [1.29, 1.82) is 0 Å². The third-order valence-corrected chi connectivity index (χ3v) is 5.06. The number of methoxy groups -OCH3 is 2. The van der Waals surface area contributed by atoms with Crippen LogP contribution >= 0.6 is 15.9 Å². The number of halogens is 1. The number of anilines is 1. The molecule has 0 aromatic heterocycles. The number of ether oxygens (including phenoxy) is 3. The number of carbonyl (C=O) groups excluding carboxylic acids is 3. The van der Waals surface area contributed by atoms with Gasteiger partial charge in [0, 0.05) is 10.0 Å². The zero-order valence-electron chi connectivity index (χ0n) is 17.4. The molecule has 7 nitrogen and oxygen atoms in total. The van der Waals surface area contributed by atoms with Crippen LogP contribution in [-0.4, -0.2) is 32.1 Å². The molecule has 0 radical (unpaired) electrons. The summed E-state index contributed by atoms with van der Waals surface area (Å²) in [5.41, 5.74) is 1.71. The highest BCUT2D eigenvalue weighted by Crippen LogP contribution is 2.21. The summed E-state index contributed by atoms with van der Waals surface area (Å²) in [5.74, 6) is -0.947. The Labute approximate surface area is 193 Å². The molecular formula is C24H20BrNO6. The van der Waals surface area contributed by atoms with Crippen LogP contribution in [0.2, 0.25) is 0 Å². The monoisotopic (exact) mass is 497 g/mol. The number of hydrogen-bond acceptors (Lipinski definition) is 6. The number of rotatable bonds is 7. The Bertz CT molecular complexity index is 1130. The smallest absolute Gasteiger partial charge is 0.339 e. The van der Waals surface area contributed by atoms with E-state index in [1.54, 1.807) is 24.3 Å². The van der Waals surface area contributed by atoms with Gasteiger partial charge in [-0.3, -0.25) is 4.79 Å². The first-order valence-electron chi connectivity index (χ1n) is 9.50. The van der Waals surface area contributed by atoms with Crippen molar-refractivity contribution < 1.29 is 28.6 Å². The lowest BCUT2D eigenvalue weighted by atomic mass is 10.1. The van der Waals surface area contributed by atoms with Crippen molar-refractivity contribution in [2.45, 2.75) is 6.61 Å². The Morgan fingerprint density at radius 2 is 1.44 bits per heavy atom. The van der Waals surface area contributed by atoms with E-state index in [9.17, 15) is 14.4 Å². The summed E-state index contributed by atoms with van der Waals surface area (Å²) in [6, 6.07) is 18.5. The lowest BCUT2D eigenvalue weighted by Gasteiger charge is -2.12. The van der Waals surface area contributed by atoms with Crippen LogP contribution in [0.15, 0.2) is 71.2 Å². The number of benzene rings is 3. The van der Waals surface area contributed by atoms with E-state index in [-0.39, 0.29) is 16.8 Å². The Kier molecular flexibility index (Phi) is 7.62. The molecule has 0 fully saturated rings. The quantitative estimate of drug-likeness (QED) is 0.469. The highest BCUT2D eigenvalue weighted by Gasteiger charge is 2.18. The predicted octanol–water partition coefficient (Wildman–Crippen LogP) is 4.85. The van der Waals surface area contributed by atoms with Crippen molar-refractivity contribution in [1.82, 2.24) is 0 Å². The first-order valence-corrected chi connectivity index (χ1v) is 10.3. The van der Waals surface area contributed by atoms with Gasteiger partial charge in [0.15, 0.2) is 0 Å². The maximum Gasteiger partial charge on any atom is 0.339 e. The van der Waals surface area contributed by atoms with Crippen LogP contribution < -0.4 is 10.1 Å². The molecule has 1 amide bonds. The van der Waals surface area contributed by atoms with Gasteiger partial charge in [0.1, 0.15) is 12.4 Å². The van der Waals surface area contributed by atoms with Crippen molar-refractivity contribution >= 4 is 39.5 Å². The van der Waals surface area contributed by atoms with Crippen molar-refractivity contribution in [3.8, 4) is 5.75 Å². The van der Waals surface area contributed by atoms with Gasteiger partial charge >= 0.3 is 11.9 Å². The van der Waals surface area contributed by atoms with Crippen LogP contribution in [0.4, 0.5) is 5.69 Å². The zero-order chi connectivity index (χ0) is 23.1. The highest BCUT2D eigenvalue weighted by molar-refractivity contribution is 9.10. The van der Waals surface area contributed by atoms with Gasteiger partial charge in [0.2, 0.25) is 0 Å². The molecule has 0 bridgehead atoms. The average molecular weight is 498 g/mol. The topological polar surface area (TPSA) is 90.9 Å². The molecule has 0 spiro atoms. The third-order valence-electron chi connectivity index (χ3n) is 4.53. The Balaban J connectivity index is 1.72. The molecule has 3 rings (SSSR count). The molecule has 0 aliphatic heterocycles. The maximum atomic E-state index is 12.7. The lowest BCUT2D eigenvalue weighted by Crippen LogP contribution is -2.16. The molecule has 164 valence electrons. The molecule has 3 aromatic rings. The van der Waals surface area contributed by atoms with Crippen LogP contribution in [0.25, 0.3) is 0 Å². The molecule has 0 unspecified atom stereocenters. The summed E-state index contributed by atoms with van der Waals surface area (Å²) >= 11 is 3.38.